The van der Waals surface area contributed by atoms with Crippen LogP contribution in [0.1, 0.15) is 11.1 Å². The predicted octanol–water partition coefficient (Wildman–Crippen LogP) is 4.35. The molecule has 0 aliphatic carbocycles. The summed E-state index contributed by atoms with van der Waals surface area (Å²) in [5, 5.41) is 0.170. The standard InChI is InChI=1S/C25H22FNO5S/c1-16-5-4-6-17(11-16)14-27-15-24(33(29,30)19-9-7-18(26)8-10-19)25(28)20-12-22(31-2)23(32-3)13-21(20)27/h4-13,15H,14H2,1-3H3. The second-order valence-electron chi connectivity index (χ2n) is 7.62. The van der Waals surface area contributed by atoms with E-state index in [4.69, 9.17) is 9.47 Å². The molecule has 0 saturated heterocycles. The van der Waals surface area contributed by atoms with Gasteiger partial charge in [0, 0.05) is 18.8 Å². The molecule has 3 aromatic carbocycles. The number of sulfone groups is 1. The van der Waals surface area contributed by atoms with E-state index >= 15 is 0 Å². The molecule has 0 atom stereocenters. The van der Waals surface area contributed by atoms with Gasteiger partial charge in [-0.2, -0.15) is 0 Å². The van der Waals surface area contributed by atoms with Crippen molar-refractivity contribution in [2.24, 2.45) is 0 Å². The van der Waals surface area contributed by atoms with E-state index in [0.29, 0.717) is 23.6 Å². The van der Waals surface area contributed by atoms with Gasteiger partial charge in [-0.15, -0.1) is 0 Å². The number of fused-ring (bicyclic) bond motifs is 1. The molecule has 0 aliphatic heterocycles. The molecule has 0 unspecified atom stereocenters. The highest BCUT2D eigenvalue weighted by Crippen LogP contribution is 2.32. The third-order valence-electron chi connectivity index (χ3n) is 5.40. The van der Waals surface area contributed by atoms with Crippen molar-refractivity contribution in [1.29, 1.82) is 0 Å². The molecule has 1 heterocycles. The molecule has 33 heavy (non-hydrogen) atoms. The lowest BCUT2D eigenvalue weighted by molar-refractivity contribution is 0.355. The Kier molecular flexibility index (Phi) is 5.95. The van der Waals surface area contributed by atoms with Crippen molar-refractivity contribution >= 4 is 20.7 Å². The monoisotopic (exact) mass is 467 g/mol. The largest absolute Gasteiger partial charge is 0.493 e. The molecule has 4 rings (SSSR count). The van der Waals surface area contributed by atoms with Crippen molar-refractivity contribution in [3.63, 3.8) is 0 Å². The zero-order valence-electron chi connectivity index (χ0n) is 18.3. The van der Waals surface area contributed by atoms with Crippen molar-refractivity contribution in [2.75, 3.05) is 14.2 Å². The number of methoxy groups -OCH3 is 2. The maximum atomic E-state index is 13.4. The first-order valence-corrected chi connectivity index (χ1v) is 11.6. The summed E-state index contributed by atoms with van der Waals surface area (Å²) < 4.78 is 52.5. The zero-order valence-corrected chi connectivity index (χ0v) is 19.1. The summed E-state index contributed by atoms with van der Waals surface area (Å²) in [7, 11) is -1.28. The highest BCUT2D eigenvalue weighted by molar-refractivity contribution is 7.91. The first kappa shape index (κ1) is 22.5. The molecule has 0 radical (unpaired) electrons. The molecule has 0 fully saturated rings. The molecule has 4 aromatic rings. The van der Waals surface area contributed by atoms with E-state index in [9.17, 15) is 17.6 Å². The van der Waals surface area contributed by atoms with Crippen molar-refractivity contribution in [2.45, 2.75) is 23.3 Å². The zero-order chi connectivity index (χ0) is 23.8. The summed E-state index contributed by atoms with van der Waals surface area (Å²) in [6.07, 6.45) is 1.33. The van der Waals surface area contributed by atoms with Crippen molar-refractivity contribution < 1.29 is 22.3 Å². The fourth-order valence-electron chi connectivity index (χ4n) is 3.76. The van der Waals surface area contributed by atoms with Gasteiger partial charge >= 0.3 is 0 Å². The third-order valence-corrected chi connectivity index (χ3v) is 7.16. The van der Waals surface area contributed by atoms with Crippen LogP contribution in [0, 0.1) is 12.7 Å². The Balaban J connectivity index is 2.02. The summed E-state index contributed by atoms with van der Waals surface area (Å²) in [5.41, 5.74) is 1.81. The number of ether oxygens (including phenoxy) is 2. The molecule has 1 aromatic heterocycles. The minimum absolute atomic E-state index is 0.164. The molecule has 6 nitrogen and oxygen atoms in total. The fourth-order valence-corrected chi connectivity index (χ4v) is 5.13. The van der Waals surface area contributed by atoms with E-state index in [1.165, 1.54) is 26.5 Å². The Morgan fingerprint density at radius 2 is 1.61 bits per heavy atom. The van der Waals surface area contributed by atoms with Gasteiger partial charge in [0.05, 0.1) is 30.0 Å². The summed E-state index contributed by atoms with van der Waals surface area (Å²) in [6.45, 7) is 2.28. The Bertz CT molecular complexity index is 1510. The number of halogens is 1. The van der Waals surface area contributed by atoms with Crippen LogP contribution in [0.2, 0.25) is 0 Å². The summed E-state index contributed by atoms with van der Waals surface area (Å²) in [6, 6.07) is 15.3. The van der Waals surface area contributed by atoms with Crippen molar-refractivity contribution in [3.05, 3.63) is 94.0 Å². The molecule has 0 saturated carbocycles. The number of aromatic nitrogens is 1. The smallest absolute Gasteiger partial charge is 0.211 e. The predicted molar refractivity (Wildman–Crippen MR) is 123 cm³/mol. The minimum atomic E-state index is -4.21. The van der Waals surface area contributed by atoms with Crippen LogP contribution in [-0.4, -0.2) is 27.2 Å². The van der Waals surface area contributed by atoms with Crippen molar-refractivity contribution in [1.82, 2.24) is 4.57 Å². The van der Waals surface area contributed by atoms with E-state index in [0.717, 1.165) is 35.4 Å². The number of hydrogen-bond acceptors (Lipinski definition) is 5. The van der Waals surface area contributed by atoms with Gasteiger partial charge in [-0.3, -0.25) is 4.79 Å². The molecule has 0 amide bonds. The van der Waals surface area contributed by atoms with Gasteiger partial charge in [0.15, 0.2) is 11.5 Å². The van der Waals surface area contributed by atoms with Crippen LogP contribution in [0.5, 0.6) is 11.5 Å². The van der Waals surface area contributed by atoms with Crippen LogP contribution >= 0.6 is 0 Å². The second-order valence-corrected chi connectivity index (χ2v) is 9.54. The Hall–Kier alpha value is -3.65. The Morgan fingerprint density at radius 1 is 0.939 bits per heavy atom. The second kappa shape index (κ2) is 8.71. The average molecular weight is 468 g/mol. The Labute approximate surface area is 190 Å². The SMILES string of the molecule is COc1cc2c(=O)c(S(=O)(=O)c3ccc(F)cc3)cn(Cc3cccc(C)c3)c2cc1OC. The number of pyridine rings is 1. The average Bonchev–Trinajstić information content (AvgIpc) is 2.80. The molecule has 0 aliphatic rings. The molecule has 0 N–H and O–H groups in total. The minimum Gasteiger partial charge on any atom is -0.493 e. The van der Waals surface area contributed by atoms with Gasteiger partial charge in [-0.25, -0.2) is 12.8 Å². The maximum Gasteiger partial charge on any atom is 0.211 e. The molecular formula is C25H22FNO5S. The first-order valence-electron chi connectivity index (χ1n) is 10.1. The van der Waals surface area contributed by atoms with Crippen LogP contribution in [-0.2, 0) is 16.4 Å². The lowest BCUT2D eigenvalue weighted by atomic mass is 10.1. The highest BCUT2D eigenvalue weighted by Gasteiger charge is 2.25. The lowest BCUT2D eigenvalue weighted by Crippen LogP contribution is -2.20. The topological polar surface area (TPSA) is 74.6 Å². The third kappa shape index (κ3) is 4.21. The quantitative estimate of drug-likeness (QED) is 0.394. The summed E-state index contributed by atoms with van der Waals surface area (Å²) >= 11 is 0. The van der Waals surface area contributed by atoms with E-state index in [2.05, 4.69) is 0 Å². The summed E-state index contributed by atoms with van der Waals surface area (Å²) in [5.74, 6) is 0.151. The van der Waals surface area contributed by atoms with Gasteiger partial charge < -0.3 is 14.0 Å². The number of benzene rings is 3. The first-order chi connectivity index (χ1) is 15.7. The van der Waals surface area contributed by atoms with E-state index < -0.39 is 26.0 Å². The van der Waals surface area contributed by atoms with Crippen LogP contribution in [0.15, 0.2) is 81.4 Å². The molecule has 170 valence electrons. The van der Waals surface area contributed by atoms with E-state index in [1.54, 1.807) is 10.6 Å². The van der Waals surface area contributed by atoms with Gasteiger partial charge in [0.1, 0.15) is 10.7 Å². The van der Waals surface area contributed by atoms with E-state index in [1.807, 2.05) is 31.2 Å². The van der Waals surface area contributed by atoms with Gasteiger partial charge in [0.25, 0.3) is 0 Å². The Morgan fingerprint density at radius 3 is 2.24 bits per heavy atom. The summed E-state index contributed by atoms with van der Waals surface area (Å²) in [4.78, 5) is 12.8. The molecule has 0 bridgehead atoms. The number of rotatable bonds is 6. The highest BCUT2D eigenvalue weighted by atomic mass is 32.2. The van der Waals surface area contributed by atoms with Crippen molar-refractivity contribution in [3.8, 4) is 11.5 Å². The van der Waals surface area contributed by atoms with Gasteiger partial charge in [0.2, 0.25) is 15.3 Å². The number of aryl methyl sites for hydroxylation is 1. The molecule has 0 spiro atoms. The van der Waals surface area contributed by atoms with Gasteiger partial charge in [-0.1, -0.05) is 29.8 Å². The van der Waals surface area contributed by atoms with Crippen LogP contribution < -0.4 is 14.9 Å². The van der Waals surface area contributed by atoms with Crippen LogP contribution in [0.3, 0.4) is 0 Å². The van der Waals surface area contributed by atoms with Crippen LogP contribution in [0.4, 0.5) is 4.39 Å². The van der Waals surface area contributed by atoms with E-state index in [-0.39, 0.29) is 10.3 Å². The normalized spacial score (nSPS) is 11.5. The fraction of sp³-hybridized carbons (Fsp3) is 0.160. The van der Waals surface area contributed by atoms with Crippen LogP contribution in [0.25, 0.3) is 10.9 Å². The lowest BCUT2D eigenvalue weighted by Gasteiger charge is -2.17. The number of hydrogen-bond donors (Lipinski definition) is 0. The maximum absolute atomic E-state index is 13.4. The molecule has 8 heteroatoms. The number of nitrogens with zero attached hydrogens (tertiary/aromatic N) is 1. The molecular weight excluding hydrogens is 445 g/mol. The van der Waals surface area contributed by atoms with Gasteiger partial charge in [-0.05, 0) is 42.8 Å².